The number of nitrogens with zero attached hydrogens (tertiary/aromatic N) is 4. The maximum Gasteiger partial charge on any atom is 0.178 e. The van der Waals surface area contributed by atoms with Crippen molar-refractivity contribution in [2.45, 2.75) is 12.6 Å². The van der Waals surface area contributed by atoms with Crippen molar-refractivity contribution >= 4 is 11.6 Å². The molecule has 2 aromatic carbocycles. The lowest BCUT2D eigenvalue weighted by atomic mass is 10.1. The van der Waals surface area contributed by atoms with E-state index in [0.717, 1.165) is 17.0 Å². The summed E-state index contributed by atoms with van der Waals surface area (Å²) in [4.78, 5) is 0. The average molecular weight is 366 g/mol. The van der Waals surface area contributed by atoms with Gasteiger partial charge in [0.25, 0.3) is 0 Å². The van der Waals surface area contributed by atoms with Gasteiger partial charge in [-0.3, -0.25) is 5.32 Å². The number of tetrazole rings is 1. The molecule has 7 heteroatoms. The molecule has 4 rings (SSSR count). The summed E-state index contributed by atoms with van der Waals surface area (Å²) < 4.78 is 7.14. The molecule has 0 aliphatic heterocycles. The van der Waals surface area contributed by atoms with Gasteiger partial charge < -0.3 is 4.42 Å². The van der Waals surface area contributed by atoms with Gasteiger partial charge in [0.15, 0.2) is 5.82 Å². The van der Waals surface area contributed by atoms with E-state index in [2.05, 4.69) is 20.8 Å². The van der Waals surface area contributed by atoms with Crippen molar-refractivity contribution in [3.05, 3.63) is 95.2 Å². The van der Waals surface area contributed by atoms with Crippen LogP contribution in [0.5, 0.6) is 0 Å². The minimum absolute atomic E-state index is 0.202. The molecule has 0 saturated heterocycles. The van der Waals surface area contributed by atoms with Crippen molar-refractivity contribution in [3.8, 4) is 5.69 Å². The van der Waals surface area contributed by atoms with Gasteiger partial charge in [-0.15, -0.1) is 5.10 Å². The summed E-state index contributed by atoms with van der Waals surface area (Å²) in [6.45, 7) is 0.556. The van der Waals surface area contributed by atoms with Crippen molar-refractivity contribution in [3.63, 3.8) is 0 Å². The first-order chi connectivity index (χ1) is 12.8. The zero-order chi connectivity index (χ0) is 17.8. The summed E-state index contributed by atoms with van der Waals surface area (Å²) in [7, 11) is 0. The Kier molecular flexibility index (Phi) is 4.77. The van der Waals surface area contributed by atoms with E-state index in [-0.39, 0.29) is 6.04 Å². The standard InChI is InChI=1S/C19H16ClN5O/c20-15-8-10-16(11-9-15)25-19(22-23-24-25)18(14-5-2-1-3-6-14)21-13-17-7-4-12-26-17/h1-12,18,21H,13H2/t18-/m0/s1. The molecule has 1 atom stereocenters. The fraction of sp³-hybridized carbons (Fsp3) is 0.105. The average Bonchev–Trinajstić information content (AvgIpc) is 3.36. The Balaban J connectivity index is 1.70. The van der Waals surface area contributed by atoms with Crippen LogP contribution < -0.4 is 5.32 Å². The van der Waals surface area contributed by atoms with E-state index in [1.54, 1.807) is 10.9 Å². The topological polar surface area (TPSA) is 68.8 Å². The van der Waals surface area contributed by atoms with Crippen molar-refractivity contribution in [1.82, 2.24) is 25.5 Å². The van der Waals surface area contributed by atoms with Crippen molar-refractivity contribution in [2.75, 3.05) is 0 Å². The fourth-order valence-corrected chi connectivity index (χ4v) is 2.89. The lowest BCUT2D eigenvalue weighted by Crippen LogP contribution is -2.25. The van der Waals surface area contributed by atoms with Gasteiger partial charge in [-0.1, -0.05) is 41.9 Å². The molecule has 6 nitrogen and oxygen atoms in total. The zero-order valence-electron chi connectivity index (χ0n) is 13.8. The third-order valence-electron chi connectivity index (χ3n) is 4.02. The van der Waals surface area contributed by atoms with Crippen LogP contribution in [0.2, 0.25) is 5.02 Å². The second kappa shape index (κ2) is 7.51. The molecule has 130 valence electrons. The summed E-state index contributed by atoms with van der Waals surface area (Å²) in [5.74, 6) is 1.53. The van der Waals surface area contributed by atoms with Crippen molar-refractivity contribution < 1.29 is 4.42 Å². The highest BCUT2D eigenvalue weighted by Crippen LogP contribution is 2.23. The SMILES string of the molecule is Clc1ccc(-n2nnnc2[C@@H](NCc2ccco2)c2ccccc2)cc1. The molecule has 0 radical (unpaired) electrons. The summed E-state index contributed by atoms with van der Waals surface area (Å²) in [6.07, 6.45) is 1.66. The molecule has 2 heterocycles. The van der Waals surface area contributed by atoms with Crippen LogP contribution in [-0.2, 0) is 6.54 Å². The Bertz CT molecular complexity index is 951. The Morgan fingerprint density at radius 2 is 1.81 bits per heavy atom. The highest BCUT2D eigenvalue weighted by Gasteiger charge is 2.22. The number of furan rings is 1. The van der Waals surface area contributed by atoms with Gasteiger partial charge in [0.2, 0.25) is 0 Å². The van der Waals surface area contributed by atoms with Crippen LogP contribution in [0.1, 0.15) is 23.2 Å². The first-order valence-corrected chi connectivity index (χ1v) is 8.54. The van der Waals surface area contributed by atoms with Crippen LogP contribution in [0.15, 0.2) is 77.4 Å². The van der Waals surface area contributed by atoms with Gasteiger partial charge in [0, 0.05) is 5.02 Å². The number of aromatic nitrogens is 4. The van der Waals surface area contributed by atoms with Crippen LogP contribution in [0.3, 0.4) is 0 Å². The normalized spacial score (nSPS) is 12.2. The van der Waals surface area contributed by atoms with Gasteiger partial charge in [-0.2, -0.15) is 4.68 Å². The lowest BCUT2D eigenvalue weighted by Gasteiger charge is -2.18. The molecular formula is C19H16ClN5O. The Morgan fingerprint density at radius 3 is 2.54 bits per heavy atom. The number of rotatable bonds is 6. The molecule has 0 unspecified atom stereocenters. The van der Waals surface area contributed by atoms with E-state index in [1.165, 1.54) is 0 Å². The van der Waals surface area contributed by atoms with Crippen molar-refractivity contribution in [1.29, 1.82) is 0 Å². The number of hydrogen-bond acceptors (Lipinski definition) is 5. The lowest BCUT2D eigenvalue weighted by molar-refractivity contribution is 0.460. The minimum Gasteiger partial charge on any atom is -0.468 e. The fourth-order valence-electron chi connectivity index (χ4n) is 2.76. The molecule has 1 N–H and O–H groups in total. The quantitative estimate of drug-likeness (QED) is 0.563. The molecule has 0 bridgehead atoms. The largest absolute Gasteiger partial charge is 0.468 e. The van der Waals surface area contributed by atoms with E-state index in [4.69, 9.17) is 16.0 Å². The van der Waals surface area contributed by atoms with Crippen LogP contribution >= 0.6 is 11.6 Å². The Morgan fingerprint density at radius 1 is 1.00 bits per heavy atom. The summed E-state index contributed by atoms with van der Waals surface area (Å²) in [6, 6.07) is 21.0. The van der Waals surface area contributed by atoms with Crippen LogP contribution in [0.4, 0.5) is 0 Å². The Labute approximate surface area is 155 Å². The summed E-state index contributed by atoms with van der Waals surface area (Å²) in [5.41, 5.74) is 1.90. The number of benzene rings is 2. The highest BCUT2D eigenvalue weighted by atomic mass is 35.5. The first kappa shape index (κ1) is 16.5. The van der Waals surface area contributed by atoms with E-state index < -0.39 is 0 Å². The van der Waals surface area contributed by atoms with Gasteiger partial charge >= 0.3 is 0 Å². The monoisotopic (exact) mass is 365 g/mol. The second-order valence-corrected chi connectivity index (χ2v) is 6.17. The van der Waals surface area contributed by atoms with E-state index in [1.807, 2.05) is 66.7 Å². The van der Waals surface area contributed by atoms with E-state index in [9.17, 15) is 0 Å². The van der Waals surface area contributed by atoms with Crippen LogP contribution in [-0.4, -0.2) is 20.2 Å². The van der Waals surface area contributed by atoms with Crippen molar-refractivity contribution in [2.24, 2.45) is 0 Å². The van der Waals surface area contributed by atoms with E-state index in [0.29, 0.717) is 17.4 Å². The van der Waals surface area contributed by atoms with Gasteiger partial charge in [0.05, 0.1) is 24.5 Å². The zero-order valence-corrected chi connectivity index (χ0v) is 14.5. The minimum atomic E-state index is -0.202. The molecule has 0 saturated carbocycles. The highest BCUT2D eigenvalue weighted by molar-refractivity contribution is 6.30. The third kappa shape index (κ3) is 3.51. The molecule has 4 aromatic rings. The number of hydrogen-bond donors (Lipinski definition) is 1. The van der Waals surface area contributed by atoms with Gasteiger partial charge in [0.1, 0.15) is 5.76 Å². The van der Waals surface area contributed by atoms with Gasteiger partial charge in [-0.25, -0.2) is 0 Å². The predicted octanol–water partition coefficient (Wildman–Crippen LogP) is 3.79. The molecule has 0 amide bonds. The van der Waals surface area contributed by atoms with Crippen LogP contribution in [0, 0.1) is 0 Å². The molecular weight excluding hydrogens is 350 g/mol. The first-order valence-electron chi connectivity index (χ1n) is 8.16. The molecule has 0 spiro atoms. The number of nitrogens with one attached hydrogen (secondary N) is 1. The van der Waals surface area contributed by atoms with Crippen LogP contribution in [0.25, 0.3) is 5.69 Å². The molecule has 0 aliphatic carbocycles. The van der Waals surface area contributed by atoms with E-state index >= 15 is 0 Å². The molecule has 26 heavy (non-hydrogen) atoms. The molecule has 0 fully saturated rings. The maximum absolute atomic E-state index is 5.99. The maximum atomic E-state index is 5.99. The smallest absolute Gasteiger partial charge is 0.178 e. The summed E-state index contributed by atoms with van der Waals surface area (Å²) in [5, 5.41) is 16.4. The Hall–Kier alpha value is -2.96. The number of halogens is 1. The van der Waals surface area contributed by atoms with Gasteiger partial charge in [-0.05, 0) is 52.4 Å². The molecule has 0 aliphatic rings. The second-order valence-electron chi connectivity index (χ2n) is 5.73. The summed E-state index contributed by atoms with van der Waals surface area (Å²) >= 11 is 5.99. The third-order valence-corrected chi connectivity index (χ3v) is 4.27. The predicted molar refractivity (Wildman–Crippen MR) is 98.0 cm³/mol. The molecule has 2 aromatic heterocycles.